The Morgan fingerprint density at radius 2 is 2.07 bits per heavy atom. The average molecular weight is 227 g/mol. The lowest BCUT2D eigenvalue weighted by atomic mass is 10.4. The summed E-state index contributed by atoms with van der Waals surface area (Å²) in [6.07, 6.45) is -0.350. The molecule has 0 aromatic heterocycles. The second-order valence-corrected chi connectivity index (χ2v) is 5.24. The molecule has 76 valence electrons. The summed E-state index contributed by atoms with van der Waals surface area (Å²) in [4.78, 5) is 1.07. The van der Waals surface area contributed by atoms with Gasteiger partial charge in [-0.15, -0.1) is 0 Å². The van der Waals surface area contributed by atoms with Crippen LogP contribution in [0.25, 0.3) is 0 Å². The summed E-state index contributed by atoms with van der Waals surface area (Å²) in [5, 5.41) is 16.7. The average Bonchev–Trinajstić information content (AvgIpc) is 2.16. The van der Waals surface area contributed by atoms with Gasteiger partial charge in [-0.3, -0.25) is 5.41 Å². The molecule has 1 aromatic rings. The molecule has 4 heteroatoms. The van der Waals surface area contributed by atoms with Gasteiger partial charge in [0.15, 0.2) is 0 Å². The van der Waals surface area contributed by atoms with E-state index in [2.05, 4.69) is 0 Å². The number of aliphatic hydroxyl groups is 1. The molecule has 1 atom stereocenters. The van der Waals surface area contributed by atoms with Gasteiger partial charge < -0.3 is 5.11 Å². The molecule has 0 spiro atoms. The van der Waals surface area contributed by atoms with Crippen molar-refractivity contribution in [3.05, 3.63) is 30.3 Å². The van der Waals surface area contributed by atoms with E-state index in [0.717, 1.165) is 4.90 Å². The van der Waals surface area contributed by atoms with Crippen molar-refractivity contribution in [2.75, 3.05) is 5.75 Å². The number of thioether (sulfide) groups is 2. The lowest BCUT2D eigenvalue weighted by Crippen LogP contribution is -2.04. The van der Waals surface area contributed by atoms with Crippen LogP contribution in [0.2, 0.25) is 0 Å². The molecule has 0 aliphatic carbocycles. The van der Waals surface area contributed by atoms with Crippen LogP contribution < -0.4 is 0 Å². The molecule has 0 bridgehead atoms. The Bertz CT molecular complexity index is 287. The second kappa shape index (κ2) is 6.11. The topological polar surface area (TPSA) is 44.1 Å². The van der Waals surface area contributed by atoms with E-state index in [1.807, 2.05) is 30.3 Å². The Kier molecular flexibility index (Phi) is 5.07. The van der Waals surface area contributed by atoms with Crippen molar-refractivity contribution >= 4 is 27.9 Å². The fourth-order valence-electron chi connectivity index (χ4n) is 0.821. The number of hydrogen-bond acceptors (Lipinski definition) is 4. The van der Waals surface area contributed by atoms with Gasteiger partial charge >= 0.3 is 0 Å². The van der Waals surface area contributed by atoms with E-state index >= 15 is 0 Å². The molecule has 0 radical (unpaired) electrons. The normalized spacial score (nSPS) is 12.4. The van der Waals surface area contributed by atoms with Crippen LogP contribution >= 0.6 is 23.5 Å². The third-order valence-electron chi connectivity index (χ3n) is 1.41. The van der Waals surface area contributed by atoms with E-state index in [1.165, 1.54) is 23.5 Å². The molecule has 2 nitrogen and oxygen atoms in total. The van der Waals surface area contributed by atoms with Gasteiger partial charge in [0.2, 0.25) is 0 Å². The zero-order valence-corrected chi connectivity index (χ0v) is 9.57. The predicted molar refractivity (Wildman–Crippen MR) is 64.2 cm³/mol. The molecule has 0 amide bonds. The van der Waals surface area contributed by atoms with Gasteiger partial charge in [0.1, 0.15) is 4.38 Å². The van der Waals surface area contributed by atoms with Crippen molar-refractivity contribution in [2.45, 2.75) is 17.9 Å². The molecule has 2 N–H and O–H groups in total. The fourth-order valence-corrected chi connectivity index (χ4v) is 2.45. The number of aliphatic hydroxyl groups excluding tert-OH is 1. The molecular formula is C10H13NOS2. The Balaban J connectivity index is 2.35. The van der Waals surface area contributed by atoms with Gasteiger partial charge in [0.25, 0.3) is 0 Å². The van der Waals surface area contributed by atoms with Crippen LogP contribution in [-0.2, 0) is 0 Å². The number of hydrogen-bond donors (Lipinski definition) is 2. The minimum absolute atomic E-state index is 0.350. The summed E-state index contributed by atoms with van der Waals surface area (Å²) >= 11 is 2.80. The largest absolute Gasteiger partial charge is 0.393 e. The second-order valence-electron chi connectivity index (χ2n) is 2.86. The molecule has 0 saturated carbocycles. The van der Waals surface area contributed by atoms with E-state index in [-0.39, 0.29) is 6.10 Å². The van der Waals surface area contributed by atoms with Crippen LogP contribution in [-0.4, -0.2) is 21.3 Å². The van der Waals surface area contributed by atoms with Crippen molar-refractivity contribution < 1.29 is 5.11 Å². The standard InChI is InChI=1S/C10H13NOS2/c1-8(12)7-13-10(11)14-9-5-3-2-4-6-9/h2-6,8,11-12H,7H2,1H3. The van der Waals surface area contributed by atoms with Crippen molar-refractivity contribution in [1.82, 2.24) is 0 Å². The Labute approximate surface area is 92.6 Å². The molecule has 1 unspecified atom stereocenters. The highest BCUT2D eigenvalue weighted by Crippen LogP contribution is 2.24. The van der Waals surface area contributed by atoms with E-state index in [1.54, 1.807) is 6.92 Å². The van der Waals surface area contributed by atoms with Gasteiger partial charge in [0, 0.05) is 10.6 Å². The first-order valence-electron chi connectivity index (χ1n) is 4.31. The van der Waals surface area contributed by atoms with E-state index in [4.69, 9.17) is 10.5 Å². The van der Waals surface area contributed by atoms with Gasteiger partial charge in [-0.2, -0.15) is 0 Å². The van der Waals surface area contributed by atoms with Crippen LogP contribution in [0.15, 0.2) is 35.2 Å². The Morgan fingerprint density at radius 1 is 1.43 bits per heavy atom. The molecule has 0 aliphatic rings. The third-order valence-corrected chi connectivity index (χ3v) is 3.62. The van der Waals surface area contributed by atoms with Crippen LogP contribution in [0.3, 0.4) is 0 Å². The summed E-state index contributed by atoms with van der Waals surface area (Å²) in [6, 6.07) is 9.81. The fraction of sp³-hybridized carbons (Fsp3) is 0.300. The summed E-state index contributed by atoms with van der Waals surface area (Å²) < 4.78 is 0.525. The highest BCUT2D eigenvalue weighted by Gasteiger charge is 2.03. The van der Waals surface area contributed by atoms with Crippen LogP contribution in [0, 0.1) is 5.41 Å². The molecule has 0 saturated heterocycles. The Hall–Kier alpha value is -0.450. The molecule has 0 aliphatic heterocycles. The van der Waals surface area contributed by atoms with Gasteiger partial charge in [-0.25, -0.2) is 0 Å². The van der Waals surface area contributed by atoms with Crippen molar-refractivity contribution in [1.29, 1.82) is 5.41 Å². The lowest BCUT2D eigenvalue weighted by Gasteiger charge is -2.04. The quantitative estimate of drug-likeness (QED) is 0.474. The first-order chi connectivity index (χ1) is 6.68. The van der Waals surface area contributed by atoms with Crippen molar-refractivity contribution in [3.8, 4) is 0 Å². The summed E-state index contributed by atoms with van der Waals surface area (Å²) in [5.41, 5.74) is 0. The minimum atomic E-state index is -0.350. The summed E-state index contributed by atoms with van der Waals surface area (Å²) in [7, 11) is 0. The van der Waals surface area contributed by atoms with Gasteiger partial charge in [0.05, 0.1) is 6.10 Å². The zero-order chi connectivity index (χ0) is 10.4. The minimum Gasteiger partial charge on any atom is -0.393 e. The maximum absolute atomic E-state index is 9.04. The SMILES string of the molecule is CC(O)CSC(=N)Sc1ccccc1. The third kappa shape index (κ3) is 4.69. The first kappa shape index (κ1) is 11.6. The highest BCUT2D eigenvalue weighted by atomic mass is 32.2. The summed E-state index contributed by atoms with van der Waals surface area (Å²) in [5.74, 6) is 0.582. The van der Waals surface area contributed by atoms with Crippen molar-refractivity contribution in [3.63, 3.8) is 0 Å². The van der Waals surface area contributed by atoms with Crippen LogP contribution in [0.5, 0.6) is 0 Å². The molecule has 0 heterocycles. The lowest BCUT2D eigenvalue weighted by molar-refractivity contribution is 0.220. The number of nitrogens with one attached hydrogen (secondary N) is 1. The van der Waals surface area contributed by atoms with Crippen molar-refractivity contribution in [2.24, 2.45) is 0 Å². The van der Waals surface area contributed by atoms with E-state index < -0.39 is 0 Å². The molecule has 1 aromatic carbocycles. The van der Waals surface area contributed by atoms with Gasteiger partial charge in [-0.05, 0) is 19.1 Å². The maximum Gasteiger partial charge on any atom is 0.126 e. The maximum atomic E-state index is 9.04. The van der Waals surface area contributed by atoms with Crippen LogP contribution in [0.4, 0.5) is 0 Å². The smallest absolute Gasteiger partial charge is 0.126 e. The van der Waals surface area contributed by atoms with Gasteiger partial charge in [-0.1, -0.05) is 41.7 Å². The van der Waals surface area contributed by atoms with Crippen LogP contribution in [0.1, 0.15) is 6.92 Å². The molecule has 1 rings (SSSR count). The molecular weight excluding hydrogens is 214 g/mol. The number of benzene rings is 1. The summed E-state index contributed by atoms with van der Waals surface area (Å²) in [6.45, 7) is 1.73. The number of rotatable bonds is 3. The zero-order valence-electron chi connectivity index (χ0n) is 7.93. The monoisotopic (exact) mass is 227 g/mol. The Morgan fingerprint density at radius 3 is 2.64 bits per heavy atom. The first-order valence-corrected chi connectivity index (χ1v) is 6.11. The molecule has 14 heavy (non-hydrogen) atoms. The molecule has 0 fully saturated rings. The highest BCUT2D eigenvalue weighted by molar-refractivity contribution is 8.38. The van der Waals surface area contributed by atoms with E-state index in [9.17, 15) is 0 Å². The van der Waals surface area contributed by atoms with E-state index in [0.29, 0.717) is 10.1 Å². The predicted octanol–water partition coefficient (Wildman–Crippen LogP) is 2.83.